The zero-order valence-corrected chi connectivity index (χ0v) is 6.63. The minimum Gasteiger partial charge on any atom is -0.119 e. The monoisotopic (exact) mass is 185 g/mol. The Labute approximate surface area is 66.0 Å². The topological polar surface area (TPSA) is 0 Å². The second-order valence-corrected chi connectivity index (χ2v) is 3.28. The minimum atomic E-state index is 0.401. The Hall–Kier alpha value is 0.570. The van der Waals surface area contributed by atoms with Crippen LogP contribution in [0, 0.1) is 5.38 Å². The average Bonchev–Trinajstić information content (AvgIpc) is 1.98. The summed E-state index contributed by atoms with van der Waals surface area (Å²) in [5, 5.41) is 3.49. The number of hydrogen-bond donors (Lipinski definition) is 0. The maximum absolute atomic E-state index is 5.51. The van der Waals surface area contributed by atoms with Gasteiger partial charge in [0.15, 0.2) is 0 Å². The van der Waals surface area contributed by atoms with Crippen LogP contribution in [0.15, 0.2) is 0 Å². The zero-order chi connectivity index (χ0) is 6.15. The first-order valence-electron chi connectivity index (χ1n) is 1.73. The summed E-state index contributed by atoms with van der Waals surface area (Å²) >= 11 is 17.7. The fourth-order valence-electron chi connectivity index (χ4n) is 0.265. The van der Waals surface area contributed by atoms with Crippen molar-refractivity contribution in [3.05, 3.63) is 19.8 Å². The van der Waals surface area contributed by atoms with Crippen LogP contribution < -0.4 is 0 Å². The predicted molar refractivity (Wildman–Crippen MR) is 38.2 cm³/mol. The molecule has 0 unspecified atom stereocenters. The van der Waals surface area contributed by atoms with Crippen molar-refractivity contribution >= 4 is 46.1 Å². The first-order valence-corrected chi connectivity index (χ1v) is 3.68. The van der Waals surface area contributed by atoms with Crippen molar-refractivity contribution in [2.24, 2.45) is 0 Å². The van der Waals surface area contributed by atoms with E-state index in [9.17, 15) is 0 Å². The molecule has 0 amide bonds. The molecule has 0 spiro atoms. The summed E-state index contributed by atoms with van der Waals surface area (Å²) < 4.78 is 0.497. The van der Waals surface area contributed by atoms with Crippen molar-refractivity contribution in [2.45, 2.75) is 0 Å². The summed E-state index contributed by atoms with van der Waals surface area (Å²) in [6.07, 6.45) is 0. The summed E-state index contributed by atoms with van der Waals surface area (Å²) in [5.74, 6) is 0. The van der Waals surface area contributed by atoms with Crippen LogP contribution in [0.1, 0.15) is 0 Å². The van der Waals surface area contributed by atoms with E-state index in [4.69, 9.17) is 34.8 Å². The van der Waals surface area contributed by atoms with Crippen LogP contribution in [0.2, 0.25) is 14.4 Å². The van der Waals surface area contributed by atoms with Crippen LogP contribution in [-0.4, -0.2) is 0 Å². The molecule has 1 aromatic heterocycles. The van der Waals surface area contributed by atoms with Crippen LogP contribution in [0.4, 0.5) is 0 Å². The largest absolute Gasteiger partial charge is 0.119 e. The van der Waals surface area contributed by atoms with Gasteiger partial charge in [0.25, 0.3) is 0 Å². The van der Waals surface area contributed by atoms with E-state index in [0.29, 0.717) is 14.4 Å². The molecule has 0 saturated carbocycles. The van der Waals surface area contributed by atoms with Gasteiger partial charge in [-0.2, -0.15) is 0 Å². The van der Waals surface area contributed by atoms with Crippen molar-refractivity contribution in [3.63, 3.8) is 0 Å². The van der Waals surface area contributed by atoms with Gasteiger partial charge in [-0.15, -0.1) is 11.3 Å². The van der Waals surface area contributed by atoms with E-state index < -0.39 is 0 Å². The fourth-order valence-corrected chi connectivity index (χ4v) is 1.48. The summed E-state index contributed by atoms with van der Waals surface area (Å²) in [6, 6.07) is 0. The van der Waals surface area contributed by atoms with E-state index in [2.05, 4.69) is 5.38 Å². The lowest BCUT2D eigenvalue weighted by Gasteiger charge is -1.78. The molecule has 0 aliphatic heterocycles. The van der Waals surface area contributed by atoms with Crippen LogP contribution >= 0.6 is 46.1 Å². The molecule has 4 heteroatoms. The number of thiophene rings is 1. The van der Waals surface area contributed by atoms with Gasteiger partial charge in [-0.05, 0) is 0 Å². The summed E-state index contributed by atoms with van der Waals surface area (Å²) in [5.41, 5.74) is 0. The second-order valence-electron chi connectivity index (χ2n) is 1.11. The molecule has 0 fully saturated rings. The highest BCUT2D eigenvalue weighted by Crippen LogP contribution is 2.34. The highest BCUT2D eigenvalue weighted by molar-refractivity contribution is 7.15. The molecule has 1 aromatic rings. The fraction of sp³-hybridized carbons (Fsp3) is 0. The lowest BCUT2D eigenvalue weighted by Crippen LogP contribution is -1.50. The molecule has 0 atom stereocenters. The summed E-state index contributed by atoms with van der Waals surface area (Å²) in [6.45, 7) is 0. The lowest BCUT2D eigenvalue weighted by molar-refractivity contribution is 1.98. The predicted octanol–water partition coefficient (Wildman–Crippen LogP) is 3.51. The molecule has 1 rings (SSSR count). The van der Waals surface area contributed by atoms with Crippen molar-refractivity contribution in [3.8, 4) is 0 Å². The summed E-state index contributed by atoms with van der Waals surface area (Å²) in [7, 11) is 0. The molecular formula is C4Cl3S. The smallest absolute Gasteiger partial charge is 0.114 e. The Morgan fingerprint density at radius 2 is 1.88 bits per heavy atom. The normalized spacial score (nSPS) is 9.88. The lowest BCUT2D eigenvalue weighted by atomic mass is 10.7. The third-order valence-corrected chi connectivity index (χ3v) is 2.78. The highest BCUT2D eigenvalue weighted by Gasteiger charge is 2.03. The molecule has 1 radical (unpaired) electrons. The summed E-state index contributed by atoms with van der Waals surface area (Å²) in [4.78, 5) is 0. The number of rotatable bonds is 0. The Kier molecular flexibility index (Phi) is 2.04. The van der Waals surface area contributed by atoms with E-state index in [-0.39, 0.29) is 0 Å². The molecule has 0 saturated heterocycles. The molecule has 0 aliphatic carbocycles. The van der Waals surface area contributed by atoms with E-state index in [1.54, 1.807) is 0 Å². The highest BCUT2D eigenvalue weighted by atomic mass is 35.5. The molecule has 0 N–H and O–H groups in total. The maximum atomic E-state index is 5.51. The molecule has 8 heavy (non-hydrogen) atoms. The Morgan fingerprint density at radius 1 is 1.25 bits per heavy atom. The Morgan fingerprint density at radius 3 is 2.00 bits per heavy atom. The molecule has 0 bridgehead atoms. The van der Waals surface area contributed by atoms with Crippen LogP contribution in [0.25, 0.3) is 0 Å². The van der Waals surface area contributed by atoms with Crippen LogP contribution in [0.3, 0.4) is 0 Å². The van der Waals surface area contributed by atoms with Gasteiger partial charge in [-0.1, -0.05) is 34.8 Å². The average molecular weight is 186 g/mol. The number of hydrogen-bond acceptors (Lipinski definition) is 1. The molecular weight excluding hydrogens is 186 g/mol. The quantitative estimate of drug-likeness (QED) is 0.582. The van der Waals surface area contributed by atoms with Gasteiger partial charge < -0.3 is 0 Å². The van der Waals surface area contributed by atoms with Gasteiger partial charge in [-0.3, -0.25) is 0 Å². The molecule has 0 nitrogen and oxygen atoms in total. The van der Waals surface area contributed by atoms with E-state index in [0.717, 1.165) is 0 Å². The standard InChI is InChI=1S/C4Cl3S/c5-2-1-8-4(7)3(2)6. The van der Waals surface area contributed by atoms with Gasteiger partial charge >= 0.3 is 0 Å². The van der Waals surface area contributed by atoms with Crippen LogP contribution in [-0.2, 0) is 0 Å². The van der Waals surface area contributed by atoms with Crippen LogP contribution in [0.5, 0.6) is 0 Å². The van der Waals surface area contributed by atoms with Gasteiger partial charge in [0.05, 0.1) is 15.4 Å². The first-order chi connectivity index (χ1) is 3.72. The van der Waals surface area contributed by atoms with Crippen molar-refractivity contribution in [2.75, 3.05) is 0 Å². The van der Waals surface area contributed by atoms with Crippen molar-refractivity contribution in [1.82, 2.24) is 0 Å². The van der Waals surface area contributed by atoms with Gasteiger partial charge in [-0.25, -0.2) is 0 Å². The molecule has 1 heterocycles. The molecule has 43 valence electrons. The second kappa shape index (κ2) is 2.44. The Balaban J connectivity index is 3.19. The van der Waals surface area contributed by atoms with E-state index in [1.807, 2.05) is 0 Å². The van der Waals surface area contributed by atoms with Gasteiger partial charge in [0, 0.05) is 0 Å². The third kappa shape index (κ3) is 1.11. The van der Waals surface area contributed by atoms with Crippen molar-refractivity contribution in [1.29, 1.82) is 0 Å². The SMILES string of the molecule is Clc1[c]sc(Cl)c1Cl. The maximum Gasteiger partial charge on any atom is 0.114 e. The minimum absolute atomic E-state index is 0.401. The zero-order valence-electron chi connectivity index (χ0n) is 3.54. The van der Waals surface area contributed by atoms with E-state index in [1.165, 1.54) is 11.3 Å². The third-order valence-electron chi connectivity index (χ3n) is 0.596. The molecule has 0 aromatic carbocycles. The van der Waals surface area contributed by atoms with Gasteiger partial charge in [0.1, 0.15) is 4.34 Å². The van der Waals surface area contributed by atoms with Crippen molar-refractivity contribution < 1.29 is 0 Å². The molecule has 0 aliphatic rings. The van der Waals surface area contributed by atoms with Gasteiger partial charge in [0.2, 0.25) is 0 Å². The van der Waals surface area contributed by atoms with E-state index >= 15 is 0 Å². The number of halogens is 3. The Bertz CT molecular complexity index is 174. The first kappa shape index (κ1) is 6.69.